The fraction of sp³-hybridized carbons (Fsp3) is 0.273. The van der Waals surface area contributed by atoms with E-state index in [1.54, 1.807) is 6.20 Å². The number of aromatic nitrogens is 3. The molecule has 0 aliphatic carbocycles. The lowest BCUT2D eigenvalue weighted by Gasteiger charge is -2.05. The maximum absolute atomic E-state index is 12.6. The number of carbonyl (C=O) groups excluding carboxylic acids is 1. The van der Waals surface area contributed by atoms with Crippen LogP contribution in [0.1, 0.15) is 29.5 Å². The van der Waals surface area contributed by atoms with E-state index in [4.69, 9.17) is 0 Å². The molecule has 0 bridgehead atoms. The number of fused-ring (bicyclic) bond motifs is 1. The third kappa shape index (κ3) is 4.91. The number of pyridine rings is 1. The van der Waals surface area contributed by atoms with Crippen molar-refractivity contribution in [3.63, 3.8) is 0 Å². The first-order chi connectivity index (χ1) is 13.5. The first kappa shape index (κ1) is 19.5. The number of unbranched alkanes of at least 4 members (excludes halogenated alkanes) is 1. The minimum Gasteiger partial charge on any atom is -0.353 e. The minimum absolute atomic E-state index is 0.186. The van der Waals surface area contributed by atoms with Crippen molar-refractivity contribution >= 4 is 23.0 Å². The SMILES string of the molecule is Cc1cc2ncn(/C=C/C(=O)NCCCCc3cccnc3)c(=O)c2cc1C. The van der Waals surface area contributed by atoms with Gasteiger partial charge >= 0.3 is 0 Å². The Kier molecular flexibility index (Phi) is 6.32. The molecular weight excluding hydrogens is 352 g/mol. The molecule has 0 saturated carbocycles. The second-order valence-corrected chi connectivity index (χ2v) is 6.84. The normalized spacial score (nSPS) is 11.2. The van der Waals surface area contributed by atoms with Gasteiger partial charge in [-0.15, -0.1) is 0 Å². The van der Waals surface area contributed by atoms with Crippen molar-refractivity contribution in [2.75, 3.05) is 6.54 Å². The van der Waals surface area contributed by atoms with Crippen LogP contribution in [-0.2, 0) is 11.2 Å². The van der Waals surface area contributed by atoms with Crippen LogP contribution in [0, 0.1) is 13.8 Å². The van der Waals surface area contributed by atoms with Gasteiger partial charge in [-0.25, -0.2) is 4.98 Å². The smallest absolute Gasteiger partial charge is 0.265 e. The molecule has 2 aromatic heterocycles. The van der Waals surface area contributed by atoms with Crippen LogP contribution in [0.15, 0.2) is 53.9 Å². The first-order valence-corrected chi connectivity index (χ1v) is 9.37. The molecule has 0 saturated heterocycles. The molecule has 3 aromatic rings. The van der Waals surface area contributed by atoms with Crippen LogP contribution >= 0.6 is 0 Å². The highest BCUT2D eigenvalue weighted by Crippen LogP contribution is 2.14. The third-order valence-electron chi connectivity index (χ3n) is 4.70. The summed E-state index contributed by atoms with van der Waals surface area (Å²) in [6.45, 7) is 4.54. The number of hydrogen-bond acceptors (Lipinski definition) is 4. The number of rotatable bonds is 7. The fourth-order valence-electron chi connectivity index (χ4n) is 2.92. The van der Waals surface area contributed by atoms with Crippen molar-refractivity contribution in [3.8, 4) is 0 Å². The molecule has 0 spiro atoms. The second kappa shape index (κ2) is 9.08. The lowest BCUT2D eigenvalue weighted by molar-refractivity contribution is -0.116. The Hall–Kier alpha value is -3.28. The molecule has 6 nitrogen and oxygen atoms in total. The number of benzene rings is 1. The summed E-state index contributed by atoms with van der Waals surface area (Å²) in [5.74, 6) is -0.228. The number of hydrogen-bond donors (Lipinski definition) is 1. The molecule has 28 heavy (non-hydrogen) atoms. The van der Waals surface area contributed by atoms with E-state index in [9.17, 15) is 9.59 Å². The largest absolute Gasteiger partial charge is 0.353 e. The van der Waals surface area contributed by atoms with Gasteiger partial charge in [-0.05, 0) is 68.0 Å². The second-order valence-electron chi connectivity index (χ2n) is 6.84. The summed E-state index contributed by atoms with van der Waals surface area (Å²) < 4.78 is 1.33. The quantitative estimate of drug-likeness (QED) is 0.508. The Bertz CT molecular complexity index is 1060. The number of amides is 1. The van der Waals surface area contributed by atoms with Crippen LogP contribution in [0.4, 0.5) is 0 Å². The number of nitrogens with zero attached hydrogens (tertiary/aromatic N) is 3. The van der Waals surface area contributed by atoms with Gasteiger partial charge in [0.15, 0.2) is 0 Å². The van der Waals surface area contributed by atoms with Gasteiger partial charge in [0, 0.05) is 31.2 Å². The predicted molar refractivity (Wildman–Crippen MR) is 111 cm³/mol. The standard InChI is InChI=1S/C22H24N4O2/c1-16-12-19-20(13-17(16)2)25-15-26(22(19)28)11-8-21(27)24-10-4-3-6-18-7-5-9-23-14-18/h5,7-9,11-15H,3-4,6,10H2,1-2H3,(H,24,27)/b11-8+. The number of carbonyl (C=O) groups is 1. The van der Waals surface area contributed by atoms with Gasteiger partial charge in [0.05, 0.1) is 10.9 Å². The average Bonchev–Trinajstić information content (AvgIpc) is 2.69. The zero-order chi connectivity index (χ0) is 19.9. The van der Waals surface area contributed by atoms with Crippen LogP contribution in [-0.4, -0.2) is 27.0 Å². The van der Waals surface area contributed by atoms with Gasteiger partial charge < -0.3 is 5.32 Å². The summed E-state index contributed by atoms with van der Waals surface area (Å²) in [6, 6.07) is 7.71. The van der Waals surface area contributed by atoms with Crippen molar-refractivity contribution in [3.05, 3.63) is 76.1 Å². The highest BCUT2D eigenvalue weighted by molar-refractivity contribution is 5.90. The Morgan fingerprint density at radius 3 is 2.82 bits per heavy atom. The molecule has 2 heterocycles. The van der Waals surface area contributed by atoms with Crippen LogP contribution in [0.2, 0.25) is 0 Å². The summed E-state index contributed by atoms with van der Waals surface area (Å²) in [5, 5.41) is 3.38. The zero-order valence-electron chi connectivity index (χ0n) is 16.2. The monoisotopic (exact) mass is 376 g/mol. The lowest BCUT2D eigenvalue weighted by atomic mass is 10.1. The highest BCUT2D eigenvalue weighted by atomic mass is 16.1. The topological polar surface area (TPSA) is 76.9 Å². The summed E-state index contributed by atoms with van der Waals surface area (Å²) in [5.41, 5.74) is 3.81. The summed E-state index contributed by atoms with van der Waals surface area (Å²) in [4.78, 5) is 33.0. The molecule has 1 aromatic carbocycles. The van der Waals surface area contributed by atoms with Crippen LogP contribution in [0.5, 0.6) is 0 Å². The highest BCUT2D eigenvalue weighted by Gasteiger charge is 2.05. The average molecular weight is 376 g/mol. The molecule has 3 rings (SSSR count). The van der Waals surface area contributed by atoms with Crippen molar-refractivity contribution in [1.82, 2.24) is 19.9 Å². The maximum Gasteiger partial charge on any atom is 0.265 e. The number of nitrogens with one attached hydrogen (secondary N) is 1. The summed E-state index contributed by atoms with van der Waals surface area (Å²) in [7, 11) is 0. The van der Waals surface area contributed by atoms with E-state index < -0.39 is 0 Å². The molecule has 0 aliphatic rings. The zero-order valence-corrected chi connectivity index (χ0v) is 16.2. The molecule has 144 valence electrons. The van der Waals surface area contributed by atoms with Crippen LogP contribution < -0.4 is 10.9 Å². The van der Waals surface area contributed by atoms with Gasteiger partial charge in [-0.2, -0.15) is 0 Å². The Labute approximate surface area is 164 Å². The van der Waals surface area contributed by atoms with Crippen molar-refractivity contribution in [2.24, 2.45) is 0 Å². The molecule has 0 unspecified atom stereocenters. The van der Waals surface area contributed by atoms with Gasteiger partial charge in [-0.3, -0.25) is 19.1 Å². The molecule has 1 N–H and O–H groups in total. The molecule has 1 amide bonds. The fourth-order valence-corrected chi connectivity index (χ4v) is 2.92. The molecular formula is C22H24N4O2. The molecule has 0 radical (unpaired) electrons. The van der Waals surface area contributed by atoms with Gasteiger partial charge in [0.2, 0.25) is 5.91 Å². The Balaban J connectivity index is 1.53. The van der Waals surface area contributed by atoms with E-state index in [1.807, 2.05) is 44.3 Å². The van der Waals surface area contributed by atoms with E-state index in [0.717, 1.165) is 30.4 Å². The van der Waals surface area contributed by atoms with Gasteiger partial charge in [0.25, 0.3) is 5.56 Å². The van der Waals surface area contributed by atoms with Crippen molar-refractivity contribution in [2.45, 2.75) is 33.1 Å². The van der Waals surface area contributed by atoms with E-state index in [2.05, 4.69) is 15.3 Å². The van der Waals surface area contributed by atoms with E-state index in [1.165, 1.54) is 28.7 Å². The molecule has 0 aliphatic heterocycles. The molecule has 0 fully saturated rings. The van der Waals surface area contributed by atoms with Crippen LogP contribution in [0.3, 0.4) is 0 Å². The Morgan fingerprint density at radius 1 is 1.21 bits per heavy atom. The summed E-state index contributed by atoms with van der Waals surface area (Å²) in [6.07, 6.45) is 10.7. The maximum atomic E-state index is 12.6. The van der Waals surface area contributed by atoms with Crippen molar-refractivity contribution in [1.29, 1.82) is 0 Å². The van der Waals surface area contributed by atoms with E-state index >= 15 is 0 Å². The van der Waals surface area contributed by atoms with Gasteiger partial charge in [-0.1, -0.05) is 6.07 Å². The summed E-state index contributed by atoms with van der Waals surface area (Å²) >= 11 is 0. The van der Waals surface area contributed by atoms with Crippen molar-refractivity contribution < 1.29 is 4.79 Å². The minimum atomic E-state index is -0.228. The Morgan fingerprint density at radius 2 is 2.04 bits per heavy atom. The van der Waals surface area contributed by atoms with E-state index in [-0.39, 0.29) is 11.5 Å². The van der Waals surface area contributed by atoms with Gasteiger partial charge in [0.1, 0.15) is 6.33 Å². The molecule has 0 atom stereocenters. The van der Waals surface area contributed by atoms with Crippen LogP contribution in [0.25, 0.3) is 17.1 Å². The number of aryl methyl sites for hydroxylation is 3. The van der Waals surface area contributed by atoms with E-state index in [0.29, 0.717) is 17.4 Å². The molecule has 6 heteroatoms. The first-order valence-electron chi connectivity index (χ1n) is 9.37. The lowest BCUT2D eigenvalue weighted by Crippen LogP contribution is -2.23. The third-order valence-corrected chi connectivity index (χ3v) is 4.70. The predicted octanol–water partition coefficient (Wildman–Crippen LogP) is 3.02.